The Bertz CT molecular complexity index is 520. The van der Waals surface area contributed by atoms with E-state index in [1.165, 1.54) is 24.2 Å². The number of carbonyl (C=O) groups excluding carboxylic acids is 3. The van der Waals surface area contributed by atoms with E-state index in [1.807, 2.05) is 13.8 Å². The number of likely N-dealkylation sites (tertiary alicyclic amines) is 1. The van der Waals surface area contributed by atoms with Gasteiger partial charge in [-0.15, -0.1) is 0 Å². The minimum Gasteiger partial charge on any atom is -0.335 e. The molecule has 3 aliphatic rings. The van der Waals surface area contributed by atoms with E-state index < -0.39 is 5.54 Å². The van der Waals surface area contributed by atoms with E-state index in [1.54, 1.807) is 4.90 Å². The molecule has 24 heavy (non-hydrogen) atoms. The molecule has 1 saturated carbocycles. The Morgan fingerprint density at radius 2 is 1.79 bits per heavy atom. The number of piperidine rings is 1. The van der Waals surface area contributed by atoms with Crippen molar-refractivity contribution in [1.29, 1.82) is 0 Å². The first-order valence-electron chi connectivity index (χ1n) is 9.14. The fourth-order valence-electron chi connectivity index (χ4n) is 4.05. The van der Waals surface area contributed by atoms with Gasteiger partial charge >= 0.3 is 12.1 Å². The molecule has 0 unspecified atom stereocenters. The number of hydrogen-bond donors (Lipinski definition) is 2. The summed E-state index contributed by atoms with van der Waals surface area (Å²) in [5.41, 5.74) is -0.816. The molecule has 1 aliphatic carbocycles. The van der Waals surface area contributed by atoms with Gasteiger partial charge in [0.2, 0.25) is 0 Å². The minimum atomic E-state index is -0.816. The topological polar surface area (TPSA) is 81.8 Å². The number of urea groups is 2. The van der Waals surface area contributed by atoms with Crippen molar-refractivity contribution >= 4 is 18.0 Å². The van der Waals surface area contributed by atoms with Crippen LogP contribution >= 0.6 is 0 Å². The van der Waals surface area contributed by atoms with Gasteiger partial charge in [0, 0.05) is 25.2 Å². The SMILES string of the molecule is CC(C)N1C(=O)NC2(CCN(C(=O)NC3CCCCC3)CC2)C1=O. The van der Waals surface area contributed by atoms with Crippen molar-refractivity contribution in [2.75, 3.05) is 13.1 Å². The average molecular weight is 336 g/mol. The Balaban J connectivity index is 1.56. The molecule has 1 spiro atoms. The molecule has 0 radical (unpaired) electrons. The Labute approximate surface area is 143 Å². The van der Waals surface area contributed by atoms with Crippen molar-refractivity contribution < 1.29 is 14.4 Å². The second-order valence-corrected chi connectivity index (χ2v) is 7.55. The number of hydrogen-bond acceptors (Lipinski definition) is 3. The van der Waals surface area contributed by atoms with Crippen LogP contribution in [0.3, 0.4) is 0 Å². The second kappa shape index (κ2) is 6.61. The second-order valence-electron chi connectivity index (χ2n) is 7.55. The highest BCUT2D eigenvalue weighted by molar-refractivity contribution is 6.07. The molecule has 0 aromatic heterocycles. The third-order valence-electron chi connectivity index (χ3n) is 5.55. The quantitative estimate of drug-likeness (QED) is 0.755. The van der Waals surface area contributed by atoms with Crippen LogP contribution in [0.15, 0.2) is 0 Å². The van der Waals surface area contributed by atoms with Crippen molar-refractivity contribution in [3.63, 3.8) is 0 Å². The van der Waals surface area contributed by atoms with Crippen molar-refractivity contribution in [3.8, 4) is 0 Å². The summed E-state index contributed by atoms with van der Waals surface area (Å²) in [6, 6.07) is -0.208. The maximum Gasteiger partial charge on any atom is 0.325 e. The van der Waals surface area contributed by atoms with E-state index in [-0.39, 0.29) is 30.1 Å². The van der Waals surface area contributed by atoms with Crippen molar-refractivity contribution in [2.45, 2.75) is 76.4 Å². The summed E-state index contributed by atoms with van der Waals surface area (Å²) in [4.78, 5) is 40.2. The first-order chi connectivity index (χ1) is 11.4. The normalized spacial score (nSPS) is 24.6. The van der Waals surface area contributed by atoms with Gasteiger partial charge in [-0.05, 0) is 39.5 Å². The molecule has 3 fully saturated rings. The van der Waals surface area contributed by atoms with Crippen molar-refractivity contribution in [2.24, 2.45) is 0 Å². The highest BCUT2D eigenvalue weighted by Crippen LogP contribution is 2.30. The summed E-state index contributed by atoms with van der Waals surface area (Å²) < 4.78 is 0. The van der Waals surface area contributed by atoms with Gasteiger partial charge < -0.3 is 15.5 Å². The van der Waals surface area contributed by atoms with Gasteiger partial charge in [-0.3, -0.25) is 9.69 Å². The predicted molar refractivity (Wildman–Crippen MR) is 89.5 cm³/mol. The van der Waals surface area contributed by atoms with Crippen LogP contribution in [0, 0.1) is 0 Å². The standard InChI is InChI=1S/C17H28N4O3/c1-12(2)21-14(22)17(19-16(21)24)8-10-20(11-9-17)15(23)18-13-6-4-3-5-7-13/h12-13H,3-11H2,1-2H3,(H,18,23)(H,19,24). The number of rotatable bonds is 2. The molecular weight excluding hydrogens is 308 g/mol. The predicted octanol–water partition coefficient (Wildman–Crippen LogP) is 1.82. The van der Waals surface area contributed by atoms with E-state index in [2.05, 4.69) is 10.6 Å². The fraction of sp³-hybridized carbons (Fsp3) is 0.824. The molecule has 2 aliphatic heterocycles. The number of carbonyl (C=O) groups is 3. The molecule has 0 atom stereocenters. The Hall–Kier alpha value is -1.79. The smallest absolute Gasteiger partial charge is 0.325 e. The van der Waals surface area contributed by atoms with Crippen LogP contribution in [0.25, 0.3) is 0 Å². The van der Waals surface area contributed by atoms with E-state index in [0.29, 0.717) is 25.9 Å². The van der Waals surface area contributed by atoms with E-state index in [0.717, 1.165) is 12.8 Å². The molecule has 7 nitrogen and oxygen atoms in total. The summed E-state index contributed by atoms with van der Waals surface area (Å²) in [6.45, 7) is 4.67. The first-order valence-corrected chi connectivity index (χ1v) is 9.14. The lowest BCUT2D eigenvalue weighted by molar-refractivity contribution is -0.133. The monoisotopic (exact) mass is 336 g/mol. The third kappa shape index (κ3) is 3.08. The Kier molecular flexibility index (Phi) is 4.69. The average Bonchev–Trinajstić information content (AvgIpc) is 2.79. The number of imide groups is 1. The summed E-state index contributed by atoms with van der Waals surface area (Å²) >= 11 is 0. The van der Waals surface area contributed by atoms with E-state index in [9.17, 15) is 14.4 Å². The maximum atomic E-state index is 12.7. The molecule has 2 saturated heterocycles. The van der Waals surface area contributed by atoms with Crippen LogP contribution in [0.1, 0.15) is 58.8 Å². The lowest BCUT2D eigenvalue weighted by Crippen LogP contribution is -2.58. The van der Waals surface area contributed by atoms with Crippen LogP contribution in [0.5, 0.6) is 0 Å². The van der Waals surface area contributed by atoms with Gasteiger partial charge in [0.05, 0.1) is 0 Å². The molecule has 3 rings (SSSR count). The number of amides is 5. The zero-order valence-corrected chi connectivity index (χ0v) is 14.6. The van der Waals surface area contributed by atoms with Crippen molar-refractivity contribution in [1.82, 2.24) is 20.4 Å². The Morgan fingerprint density at radius 3 is 2.33 bits per heavy atom. The summed E-state index contributed by atoms with van der Waals surface area (Å²) in [6.07, 6.45) is 6.70. The van der Waals surface area contributed by atoms with Crippen LogP contribution < -0.4 is 10.6 Å². The van der Waals surface area contributed by atoms with Crippen LogP contribution in [-0.4, -0.2) is 58.5 Å². The van der Waals surface area contributed by atoms with Gasteiger partial charge in [0.1, 0.15) is 5.54 Å². The minimum absolute atomic E-state index is 0.0331. The van der Waals surface area contributed by atoms with Gasteiger partial charge in [-0.2, -0.15) is 0 Å². The van der Waals surface area contributed by atoms with Crippen LogP contribution in [-0.2, 0) is 4.79 Å². The molecule has 0 aromatic rings. The maximum absolute atomic E-state index is 12.7. The third-order valence-corrected chi connectivity index (χ3v) is 5.55. The lowest BCUT2D eigenvalue weighted by atomic mass is 9.87. The largest absolute Gasteiger partial charge is 0.335 e. The Morgan fingerprint density at radius 1 is 1.17 bits per heavy atom. The van der Waals surface area contributed by atoms with E-state index >= 15 is 0 Å². The molecule has 2 heterocycles. The van der Waals surface area contributed by atoms with Crippen LogP contribution in [0.2, 0.25) is 0 Å². The molecule has 0 bridgehead atoms. The molecule has 5 amide bonds. The molecule has 2 N–H and O–H groups in total. The van der Waals surface area contributed by atoms with Gasteiger partial charge in [0.25, 0.3) is 5.91 Å². The molecule has 134 valence electrons. The fourth-order valence-corrected chi connectivity index (χ4v) is 4.05. The van der Waals surface area contributed by atoms with Gasteiger partial charge in [-0.1, -0.05) is 19.3 Å². The summed E-state index contributed by atoms with van der Waals surface area (Å²) in [5.74, 6) is -0.144. The van der Waals surface area contributed by atoms with E-state index in [4.69, 9.17) is 0 Å². The highest BCUT2D eigenvalue weighted by atomic mass is 16.2. The number of nitrogens with one attached hydrogen (secondary N) is 2. The zero-order chi connectivity index (χ0) is 17.3. The molecule has 0 aromatic carbocycles. The zero-order valence-electron chi connectivity index (χ0n) is 14.6. The summed E-state index contributed by atoms with van der Waals surface area (Å²) in [7, 11) is 0. The van der Waals surface area contributed by atoms with Gasteiger partial charge in [-0.25, -0.2) is 9.59 Å². The lowest BCUT2D eigenvalue weighted by Gasteiger charge is -2.38. The highest BCUT2D eigenvalue weighted by Gasteiger charge is 2.53. The first kappa shape index (κ1) is 17.0. The van der Waals surface area contributed by atoms with Crippen molar-refractivity contribution in [3.05, 3.63) is 0 Å². The number of nitrogens with zero attached hydrogens (tertiary/aromatic N) is 2. The summed E-state index contributed by atoms with van der Waals surface area (Å²) in [5, 5.41) is 5.99. The molecular formula is C17H28N4O3. The van der Waals surface area contributed by atoms with Crippen LogP contribution in [0.4, 0.5) is 9.59 Å². The molecule has 7 heteroatoms. The van der Waals surface area contributed by atoms with Gasteiger partial charge in [0.15, 0.2) is 0 Å².